The Morgan fingerprint density at radius 2 is 2.03 bits per heavy atom. The number of aliphatic hydroxyl groups is 1. The van der Waals surface area contributed by atoms with Crippen LogP contribution in [0.25, 0.3) is 11.3 Å². The number of nitrogens with zero attached hydrogens (tertiary/aromatic N) is 2. The Bertz CT molecular complexity index is 1100. The SMILES string of the molecule is Cc1cc(O)c(-c2n[nH]c3c2C(c2cccc(O)c2)N(CCCO)C3=O)cc1Cl. The summed E-state index contributed by atoms with van der Waals surface area (Å²) < 4.78 is 0. The quantitative estimate of drug-likeness (QED) is 0.512. The lowest BCUT2D eigenvalue weighted by molar-refractivity contribution is 0.0732. The van der Waals surface area contributed by atoms with Crippen molar-refractivity contribution in [2.45, 2.75) is 19.4 Å². The van der Waals surface area contributed by atoms with Crippen molar-refractivity contribution in [1.82, 2.24) is 15.1 Å². The van der Waals surface area contributed by atoms with Crippen LogP contribution >= 0.6 is 11.6 Å². The number of phenols is 2. The second kappa shape index (κ2) is 7.42. The molecular weight excluding hydrogens is 394 g/mol. The van der Waals surface area contributed by atoms with Gasteiger partial charge in [-0.1, -0.05) is 23.7 Å². The Balaban J connectivity index is 1.91. The van der Waals surface area contributed by atoms with Gasteiger partial charge in [0.05, 0.1) is 6.04 Å². The highest BCUT2D eigenvalue weighted by Crippen LogP contribution is 2.45. The van der Waals surface area contributed by atoms with Crippen LogP contribution in [0.2, 0.25) is 5.02 Å². The lowest BCUT2D eigenvalue weighted by Gasteiger charge is -2.26. The lowest BCUT2D eigenvalue weighted by Crippen LogP contribution is -2.31. The van der Waals surface area contributed by atoms with Crippen LogP contribution in [0.3, 0.4) is 0 Å². The molecule has 2 heterocycles. The van der Waals surface area contributed by atoms with Crippen LogP contribution in [-0.2, 0) is 0 Å². The Kier molecular flexibility index (Phi) is 4.94. The average Bonchev–Trinajstić information content (AvgIpc) is 3.22. The minimum absolute atomic E-state index is 0.0112. The fraction of sp³-hybridized carbons (Fsp3) is 0.238. The predicted octanol–water partition coefficient (Wildman–Crippen LogP) is 3.38. The first-order chi connectivity index (χ1) is 13.9. The number of aliphatic hydroxyl groups excluding tert-OH is 1. The molecule has 0 fully saturated rings. The third-order valence-corrected chi connectivity index (χ3v) is 5.55. The van der Waals surface area contributed by atoms with Crippen molar-refractivity contribution in [3.05, 3.63) is 63.8 Å². The standard InChI is InChI=1S/C21H20ClN3O4/c1-11-8-16(28)14(10-15(11)22)18-17-19(24-23-18)21(29)25(6-3-7-26)20(17)12-4-2-5-13(27)9-12/h2,4-5,8-10,20,26-28H,3,6-7H2,1H3,(H,23,24). The van der Waals surface area contributed by atoms with E-state index in [4.69, 9.17) is 11.6 Å². The fourth-order valence-electron chi connectivity index (χ4n) is 3.77. The van der Waals surface area contributed by atoms with E-state index >= 15 is 0 Å². The van der Waals surface area contributed by atoms with Gasteiger partial charge >= 0.3 is 0 Å². The number of fused-ring (bicyclic) bond motifs is 1. The van der Waals surface area contributed by atoms with Crippen LogP contribution < -0.4 is 0 Å². The number of aromatic amines is 1. The highest BCUT2D eigenvalue weighted by Gasteiger charge is 2.42. The molecule has 0 spiro atoms. The molecule has 7 nitrogen and oxygen atoms in total. The third kappa shape index (κ3) is 3.22. The van der Waals surface area contributed by atoms with Crippen LogP contribution in [0.1, 0.15) is 39.6 Å². The zero-order chi connectivity index (χ0) is 20.7. The number of aromatic nitrogens is 2. The number of halogens is 1. The molecule has 0 aliphatic carbocycles. The zero-order valence-corrected chi connectivity index (χ0v) is 16.4. The minimum Gasteiger partial charge on any atom is -0.508 e. The normalized spacial score (nSPS) is 15.8. The largest absolute Gasteiger partial charge is 0.508 e. The Morgan fingerprint density at radius 3 is 2.76 bits per heavy atom. The molecule has 0 radical (unpaired) electrons. The average molecular weight is 414 g/mol. The summed E-state index contributed by atoms with van der Waals surface area (Å²) in [4.78, 5) is 14.7. The molecule has 3 aromatic rings. The van der Waals surface area contributed by atoms with Crippen molar-refractivity contribution in [2.24, 2.45) is 0 Å². The van der Waals surface area contributed by atoms with E-state index in [1.807, 2.05) is 6.07 Å². The van der Waals surface area contributed by atoms with Gasteiger partial charge in [0.25, 0.3) is 5.91 Å². The number of phenolic OH excluding ortho intramolecular Hbond substituents is 2. The number of aromatic hydroxyl groups is 2. The van der Waals surface area contributed by atoms with Gasteiger partial charge in [-0.05, 0) is 48.7 Å². The molecule has 0 saturated carbocycles. The summed E-state index contributed by atoms with van der Waals surface area (Å²) in [5.74, 6) is -0.160. The monoisotopic (exact) mass is 413 g/mol. The number of H-pyrrole nitrogens is 1. The molecule has 1 unspecified atom stereocenters. The second-order valence-corrected chi connectivity index (χ2v) is 7.46. The number of hydrogen-bond donors (Lipinski definition) is 4. The maximum Gasteiger partial charge on any atom is 0.273 e. The summed E-state index contributed by atoms with van der Waals surface area (Å²) in [7, 11) is 0. The van der Waals surface area contributed by atoms with Crippen molar-refractivity contribution >= 4 is 17.5 Å². The number of aryl methyl sites for hydroxylation is 1. The number of benzene rings is 2. The van der Waals surface area contributed by atoms with Gasteiger partial charge < -0.3 is 20.2 Å². The molecule has 4 N–H and O–H groups in total. The molecule has 150 valence electrons. The summed E-state index contributed by atoms with van der Waals surface area (Å²) in [5, 5.41) is 37.3. The van der Waals surface area contributed by atoms with E-state index in [0.29, 0.717) is 46.1 Å². The molecule has 1 aliphatic rings. The van der Waals surface area contributed by atoms with Crippen molar-refractivity contribution in [3.63, 3.8) is 0 Å². The van der Waals surface area contributed by atoms with E-state index in [9.17, 15) is 20.1 Å². The zero-order valence-electron chi connectivity index (χ0n) is 15.7. The molecule has 1 atom stereocenters. The van der Waals surface area contributed by atoms with Gasteiger partial charge in [0.15, 0.2) is 0 Å². The van der Waals surface area contributed by atoms with Crippen molar-refractivity contribution in [1.29, 1.82) is 0 Å². The van der Waals surface area contributed by atoms with Crippen LogP contribution in [0.5, 0.6) is 11.5 Å². The molecule has 0 bridgehead atoms. The number of rotatable bonds is 5. The minimum atomic E-state index is -0.524. The molecule has 4 rings (SSSR count). The van der Waals surface area contributed by atoms with E-state index in [1.54, 1.807) is 42.2 Å². The number of hydrogen-bond acceptors (Lipinski definition) is 5. The first-order valence-electron chi connectivity index (χ1n) is 9.21. The van der Waals surface area contributed by atoms with Crippen LogP contribution in [0.4, 0.5) is 0 Å². The van der Waals surface area contributed by atoms with Gasteiger partial charge in [-0.2, -0.15) is 5.10 Å². The van der Waals surface area contributed by atoms with E-state index in [-0.39, 0.29) is 24.0 Å². The van der Waals surface area contributed by atoms with Gasteiger partial charge in [0.1, 0.15) is 22.9 Å². The maximum absolute atomic E-state index is 13.0. The Hall–Kier alpha value is -3.03. The van der Waals surface area contributed by atoms with Gasteiger partial charge in [-0.15, -0.1) is 0 Å². The van der Waals surface area contributed by atoms with Crippen molar-refractivity contribution < 1.29 is 20.1 Å². The maximum atomic E-state index is 13.0. The van der Waals surface area contributed by atoms with E-state index in [0.717, 1.165) is 5.56 Å². The molecule has 1 aliphatic heterocycles. The first-order valence-corrected chi connectivity index (χ1v) is 9.58. The van der Waals surface area contributed by atoms with Crippen molar-refractivity contribution in [2.75, 3.05) is 13.2 Å². The van der Waals surface area contributed by atoms with Crippen molar-refractivity contribution in [3.8, 4) is 22.8 Å². The van der Waals surface area contributed by atoms with Gasteiger partial charge in [-0.25, -0.2) is 0 Å². The Morgan fingerprint density at radius 1 is 1.24 bits per heavy atom. The molecule has 0 saturated heterocycles. The fourth-order valence-corrected chi connectivity index (χ4v) is 3.93. The molecule has 1 aromatic heterocycles. The second-order valence-electron chi connectivity index (χ2n) is 7.05. The summed E-state index contributed by atoms with van der Waals surface area (Å²) in [6.45, 7) is 2.07. The third-order valence-electron chi connectivity index (χ3n) is 5.14. The van der Waals surface area contributed by atoms with Crippen LogP contribution in [0.15, 0.2) is 36.4 Å². The van der Waals surface area contributed by atoms with E-state index in [2.05, 4.69) is 10.2 Å². The lowest BCUT2D eigenvalue weighted by atomic mass is 9.95. The van der Waals surface area contributed by atoms with Crippen LogP contribution in [-0.4, -0.2) is 49.5 Å². The Labute approximate surface area is 172 Å². The molecule has 29 heavy (non-hydrogen) atoms. The van der Waals surface area contributed by atoms with Gasteiger partial charge in [-0.3, -0.25) is 9.89 Å². The molecule has 2 aromatic carbocycles. The summed E-state index contributed by atoms with van der Waals surface area (Å²) in [6.07, 6.45) is 0.412. The number of carbonyl (C=O) groups excluding carboxylic acids is 1. The topological polar surface area (TPSA) is 110 Å². The van der Waals surface area contributed by atoms with Gasteiger partial charge in [0, 0.05) is 29.3 Å². The van der Waals surface area contributed by atoms with E-state index in [1.165, 1.54) is 0 Å². The number of carbonyl (C=O) groups is 1. The smallest absolute Gasteiger partial charge is 0.273 e. The number of amides is 1. The van der Waals surface area contributed by atoms with E-state index < -0.39 is 6.04 Å². The first kappa shape index (κ1) is 19.3. The summed E-state index contributed by atoms with van der Waals surface area (Å²) in [5.41, 5.74) is 3.20. The highest BCUT2D eigenvalue weighted by molar-refractivity contribution is 6.31. The predicted molar refractivity (Wildman–Crippen MR) is 108 cm³/mol. The molecule has 8 heteroatoms. The molecular formula is C21H20ClN3O4. The summed E-state index contributed by atoms with van der Waals surface area (Å²) >= 11 is 6.27. The number of nitrogens with one attached hydrogen (secondary N) is 1. The summed E-state index contributed by atoms with van der Waals surface area (Å²) in [6, 6.07) is 9.34. The molecule has 1 amide bonds. The van der Waals surface area contributed by atoms with Crippen LogP contribution in [0, 0.1) is 6.92 Å². The van der Waals surface area contributed by atoms with Gasteiger partial charge in [0.2, 0.25) is 0 Å². The highest BCUT2D eigenvalue weighted by atomic mass is 35.5.